The Balaban J connectivity index is 1.55. The minimum absolute atomic E-state index is 0.00224. The molecule has 4 rings (SSSR count). The zero-order chi connectivity index (χ0) is 24.4. The molecule has 0 unspecified atom stereocenters. The number of furan rings is 1. The number of nitrogens with zero attached hydrogens (tertiary/aromatic N) is 1. The summed E-state index contributed by atoms with van der Waals surface area (Å²) in [5, 5.41) is 5.03. The van der Waals surface area contributed by atoms with Gasteiger partial charge < -0.3 is 24.5 Å². The molecule has 0 saturated heterocycles. The molecule has 2 N–H and O–H groups in total. The molecule has 2 aliphatic heterocycles. The third-order valence-electron chi connectivity index (χ3n) is 5.39. The van der Waals surface area contributed by atoms with Crippen molar-refractivity contribution in [2.75, 3.05) is 13.2 Å². The van der Waals surface area contributed by atoms with Gasteiger partial charge in [0.25, 0.3) is 11.8 Å². The number of carbonyl (C=O) groups excluding carboxylic acids is 5. The molecule has 2 atom stereocenters. The molecule has 11 heteroatoms. The second-order valence-corrected chi connectivity index (χ2v) is 7.47. The van der Waals surface area contributed by atoms with Gasteiger partial charge in [-0.1, -0.05) is 12.1 Å². The molecule has 0 fully saturated rings. The predicted molar refractivity (Wildman–Crippen MR) is 114 cm³/mol. The number of nitrogens with one attached hydrogen (secondary N) is 2. The summed E-state index contributed by atoms with van der Waals surface area (Å²) in [6.45, 7) is 2.55. The number of hydrogen-bond acceptors (Lipinski definition) is 8. The van der Waals surface area contributed by atoms with Gasteiger partial charge in [0.15, 0.2) is 0 Å². The van der Waals surface area contributed by atoms with E-state index in [0.29, 0.717) is 0 Å². The van der Waals surface area contributed by atoms with E-state index >= 15 is 0 Å². The Morgan fingerprint density at radius 3 is 2.32 bits per heavy atom. The van der Waals surface area contributed by atoms with Gasteiger partial charge in [-0.15, -0.1) is 0 Å². The number of urea groups is 1. The summed E-state index contributed by atoms with van der Waals surface area (Å²) in [4.78, 5) is 63.7. The molecule has 2 aromatic rings. The number of amides is 4. The lowest BCUT2D eigenvalue weighted by molar-refractivity contribution is -0.147. The van der Waals surface area contributed by atoms with Crippen LogP contribution < -0.4 is 10.6 Å². The van der Waals surface area contributed by atoms with Crippen molar-refractivity contribution in [3.63, 3.8) is 0 Å². The number of ether oxygens (including phenoxy) is 2. The average Bonchev–Trinajstić information content (AvgIpc) is 3.44. The van der Waals surface area contributed by atoms with Crippen LogP contribution in [-0.2, 0) is 19.1 Å². The molecule has 3 heterocycles. The highest BCUT2D eigenvalue weighted by atomic mass is 16.5. The van der Waals surface area contributed by atoms with Crippen molar-refractivity contribution in [1.82, 2.24) is 15.5 Å². The number of hydrogen-bond donors (Lipinski definition) is 2. The third-order valence-corrected chi connectivity index (χ3v) is 5.39. The highest BCUT2D eigenvalue weighted by Crippen LogP contribution is 2.29. The van der Waals surface area contributed by atoms with Crippen molar-refractivity contribution in [3.05, 3.63) is 70.8 Å². The van der Waals surface area contributed by atoms with Gasteiger partial charge in [0, 0.05) is 0 Å². The second kappa shape index (κ2) is 9.22. The second-order valence-electron chi connectivity index (χ2n) is 7.47. The maximum absolute atomic E-state index is 12.8. The van der Waals surface area contributed by atoms with Crippen LogP contribution in [0, 0.1) is 0 Å². The Bertz CT molecular complexity index is 1170. The van der Waals surface area contributed by atoms with Crippen LogP contribution in [-0.4, -0.2) is 53.9 Å². The molecule has 176 valence electrons. The van der Waals surface area contributed by atoms with E-state index in [2.05, 4.69) is 10.6 Å². The zero-order valence-electron chi connectivity index (χ0n) is 18.3. The highest BCUT2D eigenvalue weighted by Gasteiger charge is 2.42. The molecule has 0 aliphatic carbocycles. The van der Waals surface area contributed by atoms with E-state index in [1.807, 2.05) is 0 Å². The lowest BCUT2D eigenvalue weighted by atomic mass is 10.0. The van der Waals surface area contributed by atoms with Crippen LogP contribution >= 0.6 is 0 Å². The highest BCUT2D eigenvalue weighted by molar-refractivity contribution is 6.22. The van der Waals surface area contributed by atoms with Gasteiger partial charge in [-0.3, -0.25) is 14.5 Å². The van der Waals surface area contributed by atoms with Crippen LogP contribution in [0.3, 0.4) is 0 Å². The predicted octanol–water partition coefficient (Wildman–Crippen LogP) is 1.68. The quantitative estimate of drug-likeness (QED) is 0.462. The van der Waals surface area contributed by atoms with E-state index in [0.717, 1.165) is 4.90 Å². The van der Waals surface area contributed by atoms with Crippen LogP contribution in [0.4, 0.5) is 4.79 Å². The van der Waals surface area contributed by atoms with Crippen LogP contribution in [0.5, 0.6) is 0 Å². The molecular weight excluding hydrogens is 446 g/mol. The van der Waals surface area contributed by atoms with Crippen molar-refractivity contribution < 1.29 is 37.9 Å². The molecule has 1 aromatic carbocycles. The molecule has 0 spiro atoms. The Morgan fingerprint density at radius 2 is 1.74 bits per heavy atom. The minimum atomic E-state index is -1.24. The zero-order valence-corrected chi connectivity index (χ0v) is 18.3. The summed E-state index contributed by atoms with van der Waals surface area (Å²) in [5.41, 5.74) is 0.391. The first-order chi connectivity index (χ1) is 16.3. The van der Waals surface area contributed by atoms with E-state index in [1.165, 1.54) is 25.3 Å². The van der Waals surface area contributed by atoms with Gasteiger partial charge >= 0.3 is 18.0 Å². The number of esters is 2. The van der Waals surface area contributed by atoms with E-state index in [-0.39, 0.29) is 34.8 Å². The minimum Gasteiger partial charge on any atom is -0.467 e. The van der Waals surface area contributed by atoms with Crippen LogP contribution in [0.25, 0.3) is 0 Å². The third kappa shape index (κ3) is 4.03. The fourth-order valence-corrected chi connectivity index (χ4v) is 3.78. The van der Waals surface area contributed by atoms with E-state index in [4.69, 9.17) is 13.9 Å². The monoisotopic (exact) mass is 467 g/mol. The lowest BCUT2D eigenvalue weighted by Crippen LogP contribution is -2.48. The molecule has 2 aliphatic rings. The van der Waals surface area contributed by atoms with E-state index in [9.17, 15) is 24.0 Å². The summed E-state index contributed by atoms with van der Waals surface area (Å²) < 4.78 is 15.7. The van der Waals surface area contributed by atoms with Crippen LogP contribution in [0.2, 0.25) is 0 Å². The maximum Gasteiger partial charge on any atom is 0.338 e. The van der Waals surface area contributed by atoms with E-state index in [1.54, 1.807) is 31.2 Å². The standard InChI is InChI=1S/C23H21N3O8/c1-3-32-22(30)17-15(24-23(31)25-18(17)16-9-6-10-33-16)11-34-21(29)12(2)26-19(27)13-7-4-5-8-14(13)20(26)28/h4-10,12,18H,3,11H2,1-2H3,(H2,24,25,31)/t12-,18+/m1/s1. The molecule has 34 heavy (non-hydrogen) atoms. The van der Waals surface area contributed by atoms with Crippen molar-refractivity contribution in [1.29, 1.82) is 0 Å². The van der Waals surface area contributed by atoms with Crippen molar-refractivity contribution in [3.8, 4) is 0 Å². The van der Waals surface area contributed by atoms with Gasteiger partial charge in [0.05, 0.1) is 35.3 Å². The SMILES string of the molecule is CCOC(=O)C1=C(COC(=O)[C@@H](C)N2C(=O)c3ccccc3C2=O)NC(=O)N[C@H]1c1ccco1. The smallest absolute Gasteiger partial charge is 0.338 e. The first kappa shape index (κ1) is 22.8. The van der Waals surface area contributed by atoms with Crippen LogP contribution in [0.1, 0.15) is 46.4 Å². The van der Waals surface area contributed by atoms with Gasteiger partial charge in [0.1, 0.15) is 24.5 Å². The first-order valence-electron chi connectivity index (χ1n) is 10.5. The Morgan fingerprint density at radius 1 is 1.06 bits per heavy atom. The van der Waals surface area contributed by atoms with Gasteiger partial charge in [0.2, 0.25) is 0 Å². The van der Waals surface area contributed by atoms with Crippen molar-refractivity contribution in [2.24, 2.45) is 0 Å². The fourth-order valence-electron chi connectivity index (χ4n) is 3.78. The largest absolute Gasteiger partial charge is 0.467 e. The lowest BCUT2D eigenvalue weighted by Gasteiger charge is -2.28. The molecule has 1 aromatic heterocycles. The number of benzene rings is 1. The molecule has 0 bridgehead atoms. The summed E-state index contributed by atoms with van der Waals surface area (Å²) in [6.07, 6.45) is 1.38. The molecule has 0 saturated carbocycles. The van der Waals surface area contributed by atoms with Crippen molar-refractivity contribution in [2.45, 2.75) is 25.9 Å². The molecule has 11 nitrogen and oxygen atoms in total. The van der Waals surface area contributed by atoms with Crippen molar-refractivity contribution >= 4 is 29.8 Å². The summed E-state index contributed by atoms with van der Waals surface area (Å²) in [6, 6.07) is 6.56. The molecular formula is C23H21N3O8. The maximum atomic E-state index is 12.8. The fraction of sp³-hybridized carbons (Fsp3) is 0.261. The average molecular weight is 467 g/mol. The number of imide groups is 1. The van der Waals surface area contributed by atoms with Gasteiger partial charge in [-0.25, -0.2) is 14.4 Å². The van der Waals surface area contributed by atoms with Gasteiger partial charge in [-0.05, 0) is 38.1 Å². The number of fused-ring (bicyclic) bond motifs is 1. The number of carbonyl (C=O) groups is 5. The first-order valence-corrected chi connectivity index (χ1v) is 10.5. The Hall–Kier alpha value is -4.41. The van der Waals surface area contributed by atoms with E-state index < -0.39 is 48.5 Å². The summed E-state index contributed by atoms with van der Waals surface area (Å²) in [5.74, 6) is -2.57. The van der Waals surface area contributed by atoms with Gasteiger partial charge in [-0.2, -0.15) is 0 Å². The molecule has 0 radical (unpaired) electrons. The topological polar surface area (TPSA) is 144 Å². The Labute approximate surface area is 193 Å². The normalized spacial score (nSPS) is 18.2. The summed E-state index contributed by atoms with van der Waals surface area (Å²) >= 11 is 0. The van der Waals surface area contributed by atoms with Crippen LogP contribution in [0.15, 0.2) is 58.3 Å². The number of rotatable bonds is 7. The Kier molecular flexibility index (Phi) is 6.17. The molecule has 4 amide bonds. The summed E-state index contributed by atoms with van der Waals surface area (Å²) in [7, 11) is 0.